The lowest BCUT2D eigenvalue weighted by atomic mass is 10.00. The van der Waals surface area contributed by atoms with Gasteiger partial charge in [0.1, 0.15) is 5.58 Å². The number of alkyl halides is 1. The van der Waals surface area contributed by atoms with Crippen molar-refractivity contribution in [3.63, 3.8) is 0 Å². The highest BCUT2D eigenvalue weighted by molar-refractivity contribution is 5.90. The first-order chi connectivity index (χ1) is 14.4. The fourth-order valence-electron chi connectivity index (χ4n) is 3.78. The standard InChI is InChI=1S/C24H28FNO4/c1-5-7-8-9-10-16-13-18-21(27)17-12-14(3)11-15(4)22(17)30-23(18)26-20(16)19(25)24(28)29-6-2/h11-13,19H,5-10H2,1-4H3. The number of benzene rings is 1. The molecule has 1 aromatic carbocycles. The van der Waals surface area contributed by atoms with Gasteiger partial charge in [0, 0.05) is 0 Å². The summed E-state index contributed by atoms with van der Waals surface area (Å²) in [6.45, 7) is 7.59. The number of nitrogens with zero attached hydrogens (tertiary/aromatic N) is 1. The van der Waals surface area contributed by atoms with E-state index in [9.17, 15) is 14.0 Å². The molecule has 160 valence electrons. The molecular weight excluding hydrogens is 385 g/mol. The molecule has 0 saturated carbocycles. The first-order valence-electron chi connectivity index (χ1n) is 10.6. The van der Waals surface area contributed by atoms with Crippen molar-refractivity contribution in [3.05, 3.63) is 50.8 Å². The fourth-order valence-corrected chi connectivity index (χ4v) is 3.78. The van der Waals surface area contributed by atoms with E-state index in [0.717, 1.165) is 36.8 Å². The molecule has 30 heavy (non-hydrogen) atoms. The molecular formula is C24H28FNO4. The highest BCUT2D eigenvalue weighted by Gasteiger charge is 2.27. The van der Waals surface area contributed by atoms with Crippen LogP contribution in [0.15, 0.2) is 27.4 Å². The van der Waals surface area contributed by atoms with Gasteiger partial charge in [-0.15, -0.1) is 0 Å². The van der Waals surface area contributed by atoms with Crippen molar-refractivity contribution >= 4 is 28.0 Å². The summed E-state index contributed by atoms with van der Waals surface area (Å²) in [5.74, 6) is -0.978. The Labute approximate surface area is 175 Å². The van der Waals surface area contributed by atoms with Gasteiger partial charge in [-0.3, -0.25) is 4.79 Å². The van der Waals surface area contributed by atoms with Gasteiger partial charge in [-0.1, -0.05) is 32.3 Å². The minimum absolute atomic E-state index is 0.0234. The van der Waals surface area contributed by atoms with E-state index in [-0.39, 0.29) is 23.4 Å². The van der Waals surface area contributed by atoms with Crippen molar-refractivity contribution in [2.75, 3.05) is 6.61 Å². The van der Waals surface area contributed by atoms with Crippen LogP contribution in [0.3, 0.4) is 0 Å². The fraction of sp³-hybridized carbons (Fsp3) is 0.458. The normalized spacial score (nSPS) is 12.4. The van der Waals surface area contributed by atoms with Crippen LogP contribution in [0.1, 0.15) is 68.1 Å². The Hall–Kier alpha value is -2.76. The number of halogens is 1. The van der Waals surface area contributed by atoms with Gasteiger partial charge in [0.25, 0.3) is 0 Å². The summed E-state index contributed by atoms with van der Waals surface area (Å²) in [4.78, 5) is 29.5. The molecule has 1 unspecified atom stereocenters. The highest BCUT2D eigenvalue weighted by Crippen LogP contribution is 2.28. The van der Waals surface area contributed by atoms with Crippen LogP contribution in [-0.2, 0) is 16.0 Å². The lowest BCUT2D eigenvalue weighted by molar-refractivity contribution is -0.149. The summed E-state index contributed by atoms with van der Waals surface area (Å²) in [7, 11) is 0. The number of aromatic nitrogens is 1. The van der Waals surface area contributed by atoms with E-state index in [0.29, 0.717) is 28.3 Å². The van der Waals surface area contributed by atoms with Crippen LogP contribution in [0.4, 0.5) is 4.39 Å². The van der Waals surface area contributed by atoms with Gasteiger partial charge >= 0.3 is 5.97 Å². The van der Waals surface area contributed by atoms with E-state index < -0.39 is 12.1 Å². The first kappa shape index (κ1) is 21.9. The van der Waals surface area contributed by atoms with Crippen molar-refractivity contribution in [1.82, 2.24) is 4.98 Å². The summed E-state index contributed by atoms with van der Waals surface area (Å²) in [5, 5.41) is 0.784. The zero-order valence-corrected chi connectivity index (χ0v) is 18.0. The summed E-state index contributed by atoms with van der Waals surface area (Å²) in [6, 6.07) is 5.34. The Kier molecular flexibility index (Phi) is 6.85. The number of esters is 1. The number of hydrogen-bond donors (Lipinski definition) is 0. The molecule has 3 rings (SSSR count). The number of aryl methyl sites for hydroxylation is 3. The van der Waals surface area contributed by atoms with Gasteiger partial charge in [-0.05, 0) is 62.4 Å². The van der Waals surface area contributed by atoms with Crippen LogP contribution in [0, 0.1) is 13.8 Å². The number of pyridine rings is 1. The maximum Gasteiger partial charge on any atom is 0.347 e. The minimum atomic E-state index is -2.02. The van der Waals surface area contributed by atoms with Crippen molar-refractivity contribution in [1.29, 1.82) is 0 Å². The molecule has 5 nitrogen and oxygen atoms in total. The molecule has 0 aliphatic heterocycles. The molecule has 6 heteroatoms. The highest BCUT2D eigenvalue weighted by atomic mass is 19.1. The Balaban J connectivity index is 2.19. The maximum atomic E-state index is 15.0. The summed E-state index contributed by atoms with van der Waals surface area (Å²) in [5.41, 5.74) is 2.57. The average Bonchev–Trinajstić information content (AvgIpc) is 2.71. The molecule has 0 N–H and O–H groups in total. The maximum absolute atomic E-state index is 15.0. The molecule has 0 radical (unpaired) electrons. The van der Waals surface area contributed by atoms with Crippen LogP contribution in [0.25, 0.3) is 22.1 Å². The summed E-state index contributed by atoms with van der Waals surface area (Å²) in [6.07, 6.45) is 2.46. The number of rotatable bonds is 8. The number of ether oxygens (including phenoxy) is 1. The average molecular weight is 413 g/mol. The number of carbonyl (C=O) groups is 1. The molecule has 0 aliphatic carbocycles. The molecule has 1 atom stereocenters. The number of fused-ring (bicyclic) bond motifs is 2. The van der Waals surface area contributed by atoms with Crippen LogP contribution in [-0.4, -0.2) is 17.6 Å². The zero-order chi connectivity index (χ0) is 21.8. The molecule has 2 aromatic heterocycles. The molecule has 0 amide bonds. The third kappa shape index (κ3) is 4.37. The van der Waals surface area contributed by atoms with Gasteiger partial charge in [-0.25, -0.2) is 14.2 Å². The third-order valence-electron chi connectivity index (χ3n) is 5.24. The Morgan fingerprint density at radius 2 is 1.90 bits per heavy atom. The van der Waals surface area contributed by atoms with Crippen molar-refractivity contribution in [3.8, 4) is 0 Å². The quantitative estimate of drug-likeness (QED) is 0.271. The van der Waals surface area contributed by atoms with E-state index in [2.05, 4.69) is 11.9 Å². The van der Waals surface area contributed by atoms with Gasteiger partial charge in [0.05, 0.1) is 23.1 Å². The molecule has 3 aromatic rings. The predicted octanol–water partition coefficient (Wildman–Crippen LogP) is 5.65. The summed E-state index contributed by atoms with van der Waals surface area (Å²) >= 11 is 0. The lowest BCUT2D eigenvalue weighted by Gasteiger charge is -2.14. The van der Waals surface area contributed by atoms with E-state index >= 15 is 0 Å². The van der Waals surface area contributed by atoms with E-state index in [1.54, 1.807) is 19.1 Å². The second kappa shape index (κ2) is 9.37. The Bertz CT molecular complexity index is 1140. The topological polar surface area (TPSA) is 69.4 Å². The van der Waals surface area contributed by atoms with E-state index in [4.69, 9.17) is 9.15 Å². The second-order valence-electron chi connectivity index (χ2n) is 7.70. The molecule has 0 aliphatic rings. The SMILES string of the molecule is CCCCCCc1cc2c(=O)c3cc(C)cc(C)c3oc2nc1C(F)C(=O)OCC. The molecule has 0 fully saturated rings. The van der Waals surface area contributed by atoms with E-state index in [1.807, 2.05) is 19.9 Å². The number of hydrogen-bond acceptors (Lipinski definition) is 5. The second-order valence-corrected chi connectivity index (χ2v) is 7.70. The van der Waals surface area contributed by atoms with Gasteiger partial charge in [-0.2, -0.15) is 0 Å². The van der Waals surface area contributed by atoms with Gasteiger partial charge < -0.3 is 9.15 Å². The van der Waals surface area contributed by atoms with Crippen LogP contribution in [0.2, 0.25) is 0 Å². The first-order valence-corrected chi connectivity index (χ1v) is 10.6. The lowest BCUT2D eigenvalue weighted by Crippen LogP contribution is -2.16. The van der Waals surface area contributed by atoms with Crippen LogP contribution in [0.5, 0.6) is 0 Å². The van der Waals surface area contributed by atoms with Crippen LogP contribution < -0.4 is 5.43 Å². The molecule has 0 saturated heterocycles. The number of carbonyl (C=O) groups excluding carboxylic acids is 1. The zero-order valence-electron chi connectivity index (χ0n) is 18.0. The monoisotopic (exact) mass is 413 g/mol. The number of unbranched alkanes of at least 4 members (excludes halogenated alkanes) is 3. The Morgan fingerprint density at radius 1 is 1.13 bits per heavy atom. The third-order valence-corrected chi connectivity index (χ3v) is 5.24. The molecule has 0 bridgehead atoms. The van der Waals surface area contributed by atoms with Crippen molar-refractivity contribution in [2.45, 2.75) is 66.0 Å². The minimum Gasteiger partial charge on any atom is -0.464 e. The van der Waals surface area contributed by atoms with Gasteiger partial charge in [0.15, 0.2) is 0 Å². The van der Waals surface area contributed by atoms with E-state index in [1.165, 1.54) is 0 Å². The van der Waals surface area contributed by atoms with Crippen molar-refractivity contribution in [2.24, 2.45) is 0 Å². The predicted molar refractivity (Wildman–Crippen MR) is 116 cm³/mol. The Morgan fingerprint density at radius 3 is 2.60 bits per heavy atom. The molecule has 0 spiro atoms. The summed E-state index contributed by atoms with van der Waals surface area (Å²) < 4.78 is 25.7. The largest absolute Gasteiger partial charge is 0.464 e. The van der Waals surface area contributed by atoms with Gasteiger partial charge in [0.2, 0.25) is 17.3 Å². The smallest absolute Gasteiger partial charge is 0.347 e. The molecule has 2 heterocycles. The van der Waals surface area contributed by atoms with Crippen molar-refractivity contribution < 1.29 is 18.3 Å². The van der Waals surface area contributed by atoms with Crippen LogP contribution >= 0.6 is 0 Å².